The fraction of sp³-hybridized carbons (Fsp3) is 0.435. The molecule has 2 atom stereocenters. The number of anilines is 1. The predicted octanol–water partition coefficient (Wildman–Crippen LogP) is 1.48. The van der Waals surface area contributed by atoms with Crippen molar-refractivity contribution in [2.75, 3.05) is 18.4 Å². The number of benzene rings is 1. The molecule has 3 N–H and O–H groups in total. The number of nitrogens with one attached hydrogen (secondary N) is 2. The van der Waals surface area contributed by atoms with E-state index in [1.54, 1.807) is 13.0 Å². The van der Waals surface area contributed by atoms with E-state index in [4.69, 9.17) is 4.74 Å². The van der Waals surface area contributed by atoms with Gasteiger partial charge in [0.1, 0.15) is 5.69 Å². The van der Waals surface area contributed by atoms with E-state index in [1.165, 1.54) is 17.3 Å². The van der Waals surface area contributed by atoms with Crippen LogP contribution < -0.4 is 15.4 Å². The van der Waals surface area contributed by atoms with Gasteiger partial charge in [-0.3, -0.25) is 14.5 Å². The molecule has 1 aromatic carbocycles. The van der Waals surface area contributed by atoms with Crippen LogP contribution in [-0.2, 0) is 17.8 Å². The van der Waals surface area contributed by atoms with E-state index < -0.39 is 17.7 Å². The zero-order valence-electron chi connectivity index (χ0n) is 17.4. The first kappa shape index (κ1) is 20.0. The maximum absolute atomic E-state index is 12.7. The third-order valence-electron chi connectivity index (χ3n) is 6.36. The van der Waals surface area contributed by atoms with Crippen LogP contribution in [0.5, 0.6) is 5.88 Å². The number of carbonyl (C=O) groups is 2. The van der Waals surface area contributed by atoms with Gasteiger partial charge >= 0.3 is 0 Å². The second kappa shape index (κ2) is 7.62. The number of hydrogen-bond acceptors (Lipinski definition) is 6. The standard InChI is InChI=1S/C23H26N4O4/c1-14(19(28)13-27-9-6-15-4-2-3-5-16(15)12-27)25-20(29)17-10-18-21(24-11-17)31-23(7-8-23)22(30)26-18/h2-5,10-11,14,19,28H,6-9,12-13H2,1H3,(H,25,29)(H,26,30). The van der Waals surface area contributed by atoms with Crippen LogP contribution in [0.15, 0.2) is 36.5 Å². The molecule has 1 aliphatic carbocycles. The summed E-state index contributed by atoms with van der Waals surface area (Å²) in [7, 11) is 0. The second-order valence-electron chi connectivity index (χ2n) is 8.71. The summed E-state index contributed by atoms with van der Waals surface area (Å²) in [5, 5.41) is 16.3. The van der Waals surface area contributed by atoms with Crippen LogP contribution >= 0.6 is 0 Å². The van der Waals surface area contributed by atoms with Crippen molar-refractivity contribution in [1.82, 2.24) is 15.2 Å². The predicted molar refractivity (Wildman–Crippen MR) is 114 cm³/mol. The average Bonchev–Trinajstić information content (AvgIpc) is 3.54. The number of carbonyl (C=O) groups excluding carboxylic acids is 2. The molecule has 1 saturated carbocycles. The normalized spacial score (nSPS) is 20.6. The van der Waals surface area contributed by atoms with E-state index >= 15 is 0 Å². The number of aliphatic hydroxyl groups is 1. The Balaban J connectivity index is 1.19. The van der Waals surface area contributed by atoms with E-state index in [1.807, 2.05) is 6.07 Å². The summed E-state index contributed by atoms with van der Waals surface area (Å²) in [6, 6.07) is 9.48. The molecule has 2 aromatic rings. The topological polar surface area (TPSA) is 104 Å². The Kier molecular flexibility index (Phi) is 4.91. The van der Waals surface area contributed by atoms with Gasteiger partial charge in [-0.15, -0.1) is 0 Å². The van der Waals surface area contributed by atoms with Crippen LogP contribution in [0.3, 0.4) is 0 Å². The smallest absolute Gasteiger partial charge is 0.268 e. The van der Waals surface area contributed by atoms with E-state index in [0.29, 0.717) is 36.5 Å². The SMILES string of the molecule is CC(NC(=O)c1cnc2c(c1)NC(=O)C1(CC1)O2)C(O)CN1CCc2ccccc2C1. The molecular formula is C23H26N4O4. The number of rotatable bonds is 5. The van der Waals surface area contributed by atoms with Gasteiger partial charge in [-0.05, 0) is 30.5 Å². The van der Waals surface area contributed by atoms with E-state index in [9.17, 15) is 14.7 Å². The van der Waals surface area contributed by atoms with Crippen LogP contribution in [0.1, 0.15) is 41.3 Å². The lowest BCUT2D eigenvalue weighted by Crippen LogP contribution is -2.47. The van der Waals surface area contributed by atoms with Crippen LogP contribution in [0.4, 0.5) is 5.69 Å². The number of aromatic nitrogens is 1. The number of hydrogen-bond donors (Lipinski definition) is 3. The molecule has 162 valence electrons. The van der Waals surface area contributed by atoms with Crippen LogP contribution in [0, 0.1) is 0 Å². The van der Waals surface area contributed by atoms with Gasteiger partial charge in [0.2, 0.25) is 5.88 Å². The van der Waals surface area contributed by atoms with Gasteiger partial charge in [-0.2, -0.15) is 0 Å². The molecule has 3 heterocycles. The molecule has 2 amide bonds. The fourth-order valence-electron chi connectivity index (χ4n) is 4.18. The number of β-amino-alcohol motifs (C(OH)–C–C–N with tert-alkyl or cyclic N) is 1. The Morgan fingerprint density at radius 3 is 2.90 bits per heavy atom. The maximum Gasteiger partial charge on any atom is 0.268 e. The van der Waals surface area contributed by atoms with Gasteiger partial charge in [0.15, 0.2) is 5.60 Å². The molecule has 1 fully saturated rings. The van der Waals surface area contributed by atoms with Gasteiger partial charge in [0.05, 0.1) is 17.7 Å². The third-order valence-corrected chi connectivity index (χ3v) is 6.36. The molecule has 0 saturated heterocycles. The Hall–Kier alpha value is -2.97. The highest BCUT2D eigenvalue weighted by Gasteiger charge is 2.55. The highest BCUT2D eigenvalue weighted by Crippen LogP contribution is 2.45. The van der Waals surface area contributed by atoms with Gasteiger partial charge in [0, 0.05) is 38.7 Å². The lowest BCUT2D eigenvalue weighted by atomic mass is 9.99. The summed E-state index contributed by atoms with van der Waals surface area (Å²) in [5.74, 6) is -0.204. The third kappa shape index (κ3) is 3.88. The minimum atomic E-state index is -0.767. The second-order valence-corrected chi connectivity index (χ2v) is 8.71. The van der Waals surface area contributed by atoms with Crippen molar-refractivity contribution in [1.29, 1.82) is 0 Å². The summed E-state index contributed by atoms with van der Waals surface area (Å²) < 4.78 is 5.71. The Bertz CT molecular complexity index is 1040. The molecule has 3 aliphatic rings. The van der Waals surface area contributed by atoms with Crippen molar-refractivity contribution in [3.63, 3.8) is 0 Å². The molecule has 2 aliphatic heterocycles. The van der Waals surface area contributed by atoms with Crippen molar-refractivity contribution >= 4 is 17.5 Å². The zero-order chi connectivity index (χ0) is 21.6. The zero-order valence-corrected chi connectivity index (χ0v) is 17.4. The van der Waals surface area contributed by atoms with Crippen molar-refractivity contribution in [2.24, 2.45) is 0 Å². The molecule has 1 aromatic heterocycles. The highest BCUT2D eigenvalue weighted by atomic mass is 16.5. The molecule has 5 rings (SSSR count). The molecule has 1 spiro atoms. The molecular weight excluding hydrogens is 396 g/mol. The van der Waals surface area contributed by atoms with E-state index in [-0.39, 0.29) is 11.8 Å². The first-order valence-electron chi connectivity index (χ1n) is 10.7. The molecule has 0 radical (unpaired) electrons. The van der Waals surface area contributed by atoms with Gasteiger partial charge in [0.25, 0.3) is 11.8 Å². The Labute approximate surface area is 180 Å². The Morgan fingerprint density at radius 2 is 2.13 bits per heavy atom. The number of fused-ring (bicyclic) bond motifs is 2. The van der Waals surface area contributed by atoms with Crippen molar-refractivity contribution < 1.29 is 19.4 Å². The van der Waals surface area contributed by atoms with Gasteiger partial charge < -0.3 is 20.5 Å². The summed E-state index contributed by atoms with van der Waals surface area (Å²) in [4.78, 5) is 31.3. The van der Waals surface area contributed by atoms with E-state index in [2.05, 4.69) is 38.7 Å². The molecule has 31 heavy (non-hydrogen) atoms. The maximum atomic E-state index is 12.7. The minimum absolute atomic E-state index is 0.189. The lowest BCUT2D eigenvalue weighted by molar-refractivity contribution is -0.125. The van der Waals surface area contributed by atoms with Crippen molar-refractivity contribution in [3.05, 3.63) is 53.2 Å². The summed E-state index contributed by atoms with van der Waals surface area (Å²) in [6.45, 7) is 3.94. The first-order chi connectivity index (χ1) is 14.9. The van der Waals surface area contributed by atoms with Crippen LogP contribution in [-0.4, -0.2) is 57.6 Å². The van der Waals surface area contributed by atoms with Crippen LogP contribution in [0.25, 0.3) is 0 Å². The van der Waals surface area contributed by atoms with Gasteiger partial charge in [-0.25, -0.2) is 4.98 Å². The number of ether oxygens (including phenoxy) is 1. The molecule has 8 heteroatoms. The number of pyridine rings is 1. The molecule has 0 bridgehead atoms. The fourth-order valence-corrected chi connectivity index (χ4v) is 4.18. The number of amides is 2. The number of nitrogens with zero attached hydrogens (tertiary/aromatic N) is 2. The van der Waals surface area contributed by atoms with Crippen molar-refractivity contribution in [3.8, 4) is 5.88 Å². The lowest BCUT2D eigenvalue weighted by Gasteiger charge is -2.32. The van der Waals surface area contributed by atoms with Crippen LogP contribution in [0.2, 0.25) is 0 Å². The Morgan fingerprint density at radius 1 is 1.35 bits per heavy atom. The summed E-state index contributed by atoms with van der Waals surface area (Å²) >= 11 is 0. The minimum Gasteiger partial charge on any atom is -0.459 e. The number of aliphatic hydroxyl groups excluding tert-OH is 1. The monoisotopic (exact) mass is 422 g/mol. The highest BCUT2D eigenvalue weighted by molar-refractivity contribution is 6.03. The molecule has 2 unspecified atom stereocenters. The van der Waals surface area contributed by atoms with Crippen molar-refractivity contribution in [2.45, 2.75) is 50.5 Å². The molecule has 8 nitrogen and oxygen atoms in total. The van der Waals surface area contributed by atoms with E-state index in [0.717, 1.165) is 19.5 Å². The largest absolute Gasteiger partial charge is 0.459 e. The quantitative estimate of drug-likeness (QED) is 0.675. The average molecular weight is 422 g/mol. The van der Waals surface area contributed by atoms with Gasteiger partial charge in [-0.1, -0.05) is 24.3 Å². The summed E-state index contributed by atoms with van der Waals surface area (Å²) in [6.07, 6.45) is 3.04. The first-order valence-corrected chi connectivity index (χ1v) is 10.7. The summed E-state index contributed by atoms with van der Waals surface area (Å²) in [5.41, 5.74) is 2.58.